The quantitative estimate of drug-likeness (QED) is 0.860. The normalized spacial score (nSPS) is 20.8. The number of rotatable bonds is 4. The van der Waals surface area contributed by atoms with Crippen molar-refractivity contribution >= 4 is 11.6 Å². The van der Waals surface area contributed by atoms with E-state index in [4.69, 9.17) is 4.98 Å². The maximum atomic E-state index is 12.9. The van der Waals surface area contributed by atoms with Crippen LogP contribution in [0.4, 0.5) is 24.8 Å². The van der Waals surface area contributed by atoms with Crippen LogP contribution >= 0.6 is 0 Å². The second kappa shape index (κ2) is 6.83. The van der Waals surface area contributed by atoms with Crippen LogP contribution in [-0.2, 0) is 6.18 Å². The predicted molar refractivity (Wildman–Crippen MR) is 91.4 cm³/mol. The molecule has 3 heterocycles. The Balaban J connectivity index is 1.62. The summed E-state index contributed by atoms with van der Waals surface area (Å²) in [5, 5.41) is 6.31. The Kier molecular flexibility index (Phi) is 4.52. The SMILES string of the molecule is FC(F)(F)c1ccnc(Nc2cc(C3CCCNC3)nc(C3CC3)n2)c1. The molecule has 1 saturated heterocycles. The van der Waals surface area contributed by atoms with Gasteiger partial charge in [0.25, 0.3) is 0 Å². The van der Waals surface area contributed by atoms with Crippen LogP contribution in [0.5, 0.6) is 0 Å². The largest absolute Gasteiger partial charge is 0.416 e. The summed E-state index contributed by atoms with van der Waals surface area (Å²) in [7, 11) is 0. The highest BCUT2D eigenvalue weighted by Gasteiger charge is 2.31. The highest BCUT2D eigenvalue weighted by molar-refractivity contribution is 5.53. The van der Waals surface area contributed by atoms with Gasteiger partial charge in [0.2, 0.25) is 0 Å². The molecule has 4 rings (SSSR count). The molecule has 1 aliphatic heterocycles. The summed E-state index contributed by atoms with van der Waals surface area (Å²) in [5.74, 6) is 2.09. The molecule has 1 unspecified atom stereocenters. The molecular weight excluding hydrogens is 343 g/mol. The zero-order valence-electron chi connectivity index (χ0n) is 14.2. The Morgan fingerprint density at radius 3 is 2.58 bits per heavy atom. The zero-order valence-corrected chi connectivity index (χ0v) is 14.2. The number of halogens is 3. The van der Waals surface area contributed by atoms with Crippen molar-refractivity contribution in [3.05, 3.63) is 41.5 Å². The number of hydrogen-bond donors (Lipinski definition) is 2. The van der Waals surface area contributed by atoms with Crippen LogP contribution in [0.2, 0.25) is 0 Å². The van der Waals surface area contributed by atoms with E-state index >= 15 is 0 Å². The molecule has 138 valence electrons. The van der Waals surface area contributed by atoms with Gasteiger partial charge in [-0.05, 0) is 44.4 Å². The first-order valence-electron chi connectivity index (χ1n) is 8.89. The van der Waals surface area contributed by atoms with Crippen molar-refractivity contribution in [2.24, 2.45) is 0 Å². The first-order chi connectivity index (χ1) is 12.5. The number of nitrogens with zero attached hydrogens (tertiary/aromatic N) is 3. The number of alkyl halides is 3. The summed E-state index contributed by atoms with van der Waals surface area (Å²) >= 11 is 0. The van der Waals surface area contributed by atoms with Gasteiger partial charge in [-0.1, -0.05) is 0 Å². The maximum absolute atomic E-state index is 12.9. The lowest BCUT2D eigenvalue weighted by Crippen LogP contribution is -2.29. The highest BCUT2D eigenvalue weighted by atomic mass is 19.4. The topological polar surface area (TPSA) is 62.7 Å². The van der Waals surface area contributed by atoms with Gasteiger partial charge in [-0.3, -0.25) is 0 Å². The predicted octanol–water partition coefficient (Wildman–Crippen LogP) is 3.98. The van der Waals surface area contributed by atoms with E-state index in [0.717, 1.165) is 68.6 Å². The lowest BCUT2D eigenvalue weighted by molar-refractivity contribution is -0.137. The number of anilines is 2. The summed E-state index contributed by atoms with van der Waals surface area (Å²) in [6.45, 7) is 1.87. The van der Waals surface area contributed by atoms with Crippen molar-refractivity contribution < 1.29 is 13.2 Å². The third-order valence-electron chi connectivity index (χ3n) is 4.76. The molecule has 2 fully saturated rings. The number of pyridine rings is 1. The molecule has 0 amide bonds. The van der Waals surface area contributed by atoms with Crippen molar-refractivity contribution in [1.29, 1.82) is 0 Å². The van der Waals surface area contributed by atoms with Gasteiger partial charge < -0.3 is 10.6 Å². The molecule has 26 heavy (non-hydrogen) atoms. The lowest BCUT2D eigenvalue weighted by Gasteiger charge is -2.23. The van der Waals surface area contributed by atoms with E-state index in [1.54, 1.807) is 0 Å². The van der Waals surface area contributed by atoms with Crippen molar-refractivity contribution in [3.63, 3.8) is 0 Å². The fraction of sp³-hybridized carbons (Fsp3) is 0.500. The first-order valence-corrected chi connectivity index (χ1v) is 8.89. The standard InChI is InChI=1S/C18H20F3N5/c19-18(20,21)13-5-7-23-15(8-13)25-16-9-14(12-2-1-6-22-10-12)24-17(26-16)11-3-4-11/h5,7-9,11-12,22H,1-4,6,10H2,(H,23,24,25,26). The molecular formula is C18H20F3N5. The van der Waals surface area contributed by atoms with Crippen LogP contribution in [0.25, 0.3) is 0 Å². The van der Waals surface area contributed by atoms with E-state index in [1.165, 1.54) is 0 Å². The van der Waals surface area contributed by atoms with E-state index in [9.17, 15) is 13.2 Å². The molecule has 0 spiro atoms. The van der Waals surface area contributed by atoms with Crippen molar-refractivity contribution in [3.8, 4) is 0 Å². The second-order valence-corrected chi connectivity index (χ2v) is 6.91. The third-order valence-corrected chi connectivity index (χ3v) is 4.76. The number of hydrogen-bond acceptors (Lipinski definition) is 5. The highest BCUT2D eigenvalue weighted by Crippen LogP contribution is 2.39. The summed E-state index contributed by atoms with van der Waals surface area (Å²) in [5.41, 5.74) is 0.215. The number of nitrogens with one attached hydrogen (secondary N) is 2. The van der Waals surface area contributed by atoms with E-state index < -0.39 is 11.7 Å². The molecule has 1 saturated carbocycles. The fourth-order valence-electron chi connectivity index (χ4n) is 3.19. The van der Waals surface area contributed by atoms with Crippen LogP contribution in [0, 0.1) is 0 Å². The summed E-state index contributed by atoms with van der Waals surface area (Å²) in [6, 6.07) is 3.80. The van der Waals surface area contributed by atoms with Gasteiger partial charge >= 0.3 is 6.18 Å². The average molecular weight is 363 g/mol. The third kappa shape index (κ3) is 3.95. The van der Waals surface area contributed by atoms with Gasteiger partial charge in [0.05, 0.1) is 11.3 Å². The average Bonchev–Trinajstić information content (AvgIpc) is 3.47. The summed E-state index contributed by atoms with van der Waals surface area (Å²) in [6.07, 6.45) is 1.02. The molecule has 2 aliphatic rings. The van der Waals surface area contributed by atoms with Gasteiger partial charge in [0, 0.05) is 30.6 Å². The minimum Gasteiger partial charge on any atom is -0.325 e. The smallest absolute Gasteiger partial charge is 0.325 e. The zero-order chi connectivity index (χ0) is 18.1. The molecule has 0 bridgehead atoms. The lowest BCUT2D eigenvalue weighted by atomic mass is 9.96. The van der Waals surface area contributed by atoms with E-state index in [-0.39, 0.29) is 5.82 Å². The molecule has 1 atom stereocenters. The van der Waals surface area contributed by atoms with Crippen LogP contribution in [0.1, 0.15) is 54.6 Å². The second-order valence-electron chi connectivity index (χ2n) is 6.91. The first kappa shape index (κ1) is 17.2. The Hall–Kier alpha value is -2.22. The van der Waals surface area contributed by atoms with Crippen LogP contribution in [0.15, 0.2) is 24.4 Å². The van der Waals surface area contributed by atoms with Gasteiger partial charge in [0.1, 0.15) is 17.5 Å². The van der Waals surface area contributed by atoms with Crippen molar-refractivity contribution in [1.82, 2.24) is 20.3 Å². The Morgan fingerprint density at radius 2 is 1.88 bits per heavy atom. The molecule has 1 aliphatic carbocycles. The van der Waals surface area contributed by atoms with Crippen LogP contribution < -0.4 is 10.6 Å². The van der Waals surface area contributed by atoms with Crippen molar-refractivity contribution in [2.75, 3.05) is 18.4 Å². The fourth-order valence-corrected chi connectivity index (χ4v) is 3.19. The monoisotopic (exact) mass is 363 g/mol. The molecule has 0 aromatic carbocycles. The van der Waals surface area contributed by atoms with E-state index in [2.05, 4.69) is 20.6 Å². The van der Waals surface area contributed by atoms with Crippen molar-refractivity contribution in [2.45, 2.75) is 43.7 Å². The molecule has 0 radical (unpaired) electrons. The van der Waals surface area contributed by atoms with Gasteiger partial charge in [-0.15, -0.1) is 0 Å². The Bertz CT molecular complexity index is 783. The maximum Gasteiger partial charge on any atom is 0.416 e. The molecule has 2 N–H and O–H groups in total. The van der Waals surface area contributed by atoms with E-state index in [1.807, 2.05) is 6.07 Å². The minimum absolute atomic E-state index is 0.132. The van der Waals surface area contributed by atoms with Crippen LogP contribution in [-0.4, -0.2) is 28.0 Å². The molecule has 8 heteroatoms. The molecule has 2 aromatic heterocycles. The Morgan fingerprint density at radius 1 is 1.04 bits per heavy atom. The number of aromatic nitrogens is 3. The summed E-state index contributed by atoms with van der Waals surface area (Å²) in [4.78, 5) is 13.2. The van der Waals surface area contributed by atoms with Gasteiger partial charge in [-0.2, -0.15) is 13.2 Å². The molecule has 2 aromatic rings. The van der Waals surface area contributed by atoms with Gasteiger partial charge in [0.15, 0.2) is 0 Å². The van der Waals surface area contributed by atoms with Crippen LogP contribution in [0.3, 0.4) is 0 Å². The van der Waals surface area contributed by atoms with Gasteiger partial charge in [-0.25, -0.2) is 15.0 Å². The summed E-state index contributed by atoms with van der Waals surface area (Å²) < 4.78 is 38.7. The number of piperidine rings is 1. The van der Waals surface area contributed by atoms with E-state index in [0.29, 0.717) is 17.7 Å². The minimum atomic E-state index is -4.40. The molecule has 5 nitrogen and oxygen atoms in total. The Labute approximate surface area is 149 Å².